The maximum Gasteiger partial charge on any atom is 0.110 e. The average molecular weight is 454 g/mol. The number of hydrogen-bond acceptors (Lipinski definition) is 8. The molecule has 0 aromatic rings. The molecule has 14 atom stereocenters. The van der Waals surface area contributed by atoms with E-state index in [2.05, 4.69) is 11.8 Å². The van der Waals surface area contributed by atoms with Gasteiger partial charge in [-0.1, -0.05) is 6.92 Å². The molecule has 1 aliphatic heterocycles. The van der Waals surface area contributed by atoms with Crippen LogP contribution >= 0.6 is 0 Å². The standard InChI is InChI=1S/C24H39NO7/c1-5-25-9-22(10-30-2)7-6-13(26)23-12-8-11-16(27)14(12)24(29,21(28)17(11)31-3)15(20(23)25)18(32-4)19(22)23/h11-21,26-29H,5-10H2,1-4H3/t11?,12-,13?,14-,15?,16+,17-,18?,19-,20?,21+,22+,23?,24-/m1/s1. The molecule has 7 bridgehead atoms. The fraction of sp³-hybridized carbons (Fsp3) is 1.00. The lowest BCUT2D eigenvalue weighted by molar-refractivity contribution is -0.297. The lowest BCUT2D eigenvalue weighted by Gasteiger charge is -2.69. The summed E-state index contributed by atoms with van der Waals surface area (Å²) in [5.74, 6) is -1.29. The SMILES string of the molecule is CCN1C[C@]2(COC)CCC(O)C34C1C(C(OC)[C@@H]32)[C@]1(O)[C@@H]2[C@H]4CC([C@@H](OC)[C@@H]1O)[C@@H]2O. The van der Waals surface area contributed by atoms with Crippen LogP contribution in [-0.2, 0) is 14.2 Å². The van der Waals surface area contributed by atoms with Gasteiger partial charge in [0.1, 0.15) is 11.7 Å². The van der Waals surface area contributed by atoms with Crippen molar-refractivity contribution < 1.29 is 34.6 Å². The maximum absolute atomic E-state index is 12.5. The fourth-order valence-electron chi connectivity index (χ4n) is 10.7. The van der Waals surface area contributed by atoms with E-state index in [1.54, 1.807) is 21.3 Å². The summed E-state index contributed by atoms with van der Waals surface area (Å²) >= 11 is 0. The smallest absolute Gasteiger partial charge is 0.110 e. The summed E-state index contributed by atoms with van der Waals surface area (Å²) in [6, 6.07) is -0.120. The van der Waals surface area contributed by atoms with Crippen LogP contribution in [0.25, 0.3) is 0 Å². The van der Waals surface area contributed by atoms with Crippen LogP contribution < -0.4 is 0 Å². The molecule has 1 saturated heterocycles. The third kappa shape index (κ3) is 2.07. The van der Waals surface area contributed by atoms with Gasteiger partial charge in [0.25, 0.3) is 0 Å². The van der Waals surface area contributed by atoms with E-state index in [1.807, 2.05) is 0 Å². The summed E-state index contributed by atoms with van der Waals surface area (Å²) in [7, 11) is 4.98. The molecular formula is C24H39NO7. The number of rotatable bonds is 5. The van der Waals surface area contributed by atoms with E-state index in [4.69, 9.17) is 14.2 Å². The van der Waals surface area contributed by atoms with Crippen molar-refractivity contribution in [1.29, 1.82) is 0 Å². The number of ether oxygens (including phenoxy) is 3. The maximum atomic E-state index is 12.5. The zero-order chi connectivity index (χ0) is 22.8. The van der Waals surface area contributed by atoms with Crippen molar-refractivity contribution in [3.8, 4) is 0 Å². The molecule has 5 saturated carbocycles. The highest BCUT2D eigenvalue weighted by atomic mass is 16.5. The number of aliphatic hydroxyl groups is 4. The van der Waals surface area contributed by atoms with Crippen LogP contribution in [0.5, 0.6) is 0 Å². The van der Waals surface area contributed by atoms with Crippen molar-refractivity contribution >= 4 is 0 Å². The highest BCUT2D eigenvalue weighted by Gasteiger charge is 2.87. The van der Waals surface area contributed by atoms with Crippen LogP contribution in [0.2, 0.25) is 0 Å². The monoisotopic (exact) mass is 453 g/mol. The van der Waals surface area contributed by atoms with Gasteiger partial charge in [-0.15, -0.1) is 0 Å². The topological polar surface area (TPSA) is 112 Å². The second-order valence-electron chi connectivity index (χ2n) is 11.6. The van der Waals surface area contributed by atoms with Gasteiger partial charge in [-0.2, -0.15) is 0 Å². The number of piperidine rings is 1. The van der Waals surface area contributed by atoms with E-state index in [9.17, 15) is 20.4 Å². The largest absolute Gasteiger partial charge is 0.392 e. The molecule has 0 amide bonds. The highest BCUT2D eigenvalue weighted by Crippen LogP contribution is 2.79. The van der Waals surface area contributed by atoms with Gasteiger partial charge in [-0.3, -0.25) is 4.90 Å². The summed E-state index contributed by atoms with van der Waals surface area (Å²) in [5.41, 5.74) is -2.24. The van der Waals surface area contributed by atoms with E-state index in [0.717, 1.165) is 19.5 Å². The Labute approximate surface area is 189 Å². The highest BCUT2D eigenvalue weighted by molar-refractivity contribution is 5.36. The first-order chi connectivity index (χ1) is 15.3. The molecule has 5 aliphatic carbocycles. The molecular weight excluding hydrogens is 414 g/mol. The van der Waals surface area contributed by atoms with E-state index < -0.39 is 47.3 Å². The third-order valence-electron chi connectivity index (χ3n) is 11.2. The molecule has 182 valence electrons. The molecule has 1 spiro atoms. The molecule has 32 heavy (non-hydrogen) atoms. The van der Waals surface area contributed by atoms with Gasteiger partial charge in [0, 0.05) is 68.4 Å². The molecule has 0 aromatic heterocycles. The Balaban J connectivity index is 1.64. The van der Waals surface area contributed by atoms with Crippen molar-refractivity contribution in [2.75, 3.05) is 41.0 Å². The number of aliphatic hydroxyl groups excluding tert-OH is 3. The van der Waals surface area contributed by atoms with Gasteiger partial charge in [0.15, 0.2) is 0 Å². The van der Waals surface area contributed by atoms with E-state index in [-0.39, 0.29) is 35.3 Å². The molecule has 0 aromatic carbocycles. The third-order valence-corrected chi connectivity index (χ3v) is 11.2. The molecule has 0 radical (unpaired) electrons. The molecule has 6 unspecified atom stereocenters. The first kappa shape index (κ1) is 22.2. The zero-order valence-corrected chi connectivity index (χ0v) is 19.6. The molecule has 8 heteroatoms. The predicted molar refractivity (Wildman–Crippen MR) is 114 cm³/mol. The normalized spacial score (nSPS) is 62.4. The zero-order valence-electron chi connectivity index (χ0n) is 19.6. The quantitative estimate of drug-likeness (QED) is 0.440. The number of likely N-dealkylation sites (tertiary alicyclic amines) is 1. The van der Waals surface area contributed by atoms with Crippen molar-refractivity contribution in [3.63, 3.8) is 0 Å². The number of hydrogen-bond donors (Lipinski definition) is 4. The molecule has 6 fully saturated rings. The second-order valence-corrected chi connectivity index (χ2v) is 11.6. The van der Waals surface area contributed by atoms with Gasteiger partial charge in [-0.05, 0) is 31.7 Å². The summed E-state index contributed by atoms with van der Waals surface area (Å²) in [5, 5.41) is 47.3. The van der Waals surface area contributed by atoms with Gasteiger partial charge >= 0.3 is 0 Å². The molecule has 8 nitrogen and oxygen atoms in total. The summed E-state index contributed by atoms with van der Waals surface area (Å²) in [4.78, 5) is 2.42. The number of fused-ring (bicyclic) bond motifs is 2. The van der Waals surface area contributed by atoms with Crippen LogP contribution in [0.4, 0.5) is 0 Å². The lowest BCUT2D eigenvalue weighted by Crippen LogP contribution is -2.78. The first-order valence-corrected chi connectivity index (χ1v) is 12.3. The van der Waals surface area contributed by atoms with Gasteiger partial charge in [-0.25, -0.2) is 0 Å². The van der Waals surface area contributed by atoms with E-state index >= 15 is 0 Å². The van der Waals surface area contributed by atoms with Gasteiger partial charge in [0.05, 0.1) is 31.0 Å². The summed E-state index contributed by atoms with van der Waals surface area (Å²) in [6.07, 6.45) is -1.22. The van der Waals surface area contributed by atoms with Crippen molar-refractivity contribution in [1.82, 2.24) is 4.90 Å². The van der Waals surface area contributed by atoms with Crippen LogP contribution in [0.1, 0.15) is 26.2 Å². The summed E-state index contributed by atoms with van der Waals surface area (Å²) < 4.78 is 17.7. The minimum atomic E-state index is -1.54. The van der Waals surface area contributed by atoms with Crippen LogP contribution in [0, 0.1) is 40.4 Å². The fourth-order valence-corrected chi connectivity index (χ4v) is 10.7. The van der Waals surface area contributed by atoms with Crippen molar-refractivity contribution in [3.05, 3.63) is 0 Å². The van der Waals surface area contributed by atoms with Gasteiger partial charge < -0.3 is 34.6 Å². The second kappa shape index (κ2) is 6.88. The summed E-state index contributed by atoms with van der Waals surface area (Å²) in [6.45, 7) is 4.33. The molecule has 1 heterocycles. The number of methoxy groups -OCH3 is 3. The Morgan fingerprint density at radius 1 is 1.03 bits per heavy atom. The Morgan fingerprint density at radius 2 is 1.75 bits per heavy atom. The predicted octanol–water partition coefficient (Wildman–Crippen LogP) is -0.527. The van der Waals surface area contributed by atoms with E-state index in [0.29, 0.717) is 19.4 Å². The van der Waals surface area contributed by atoms with Crippen LogP contribution in [-0.4, -0.2) is 109 Å². The molecule has 4 N–H and O–H groups in total. The Hall–Kier alpha value is -0.320. The number of nitrogens with zero attached hydrogens (tertiary/aromatic N) is 1. The Kier molecular flexibility index (Phi) is 4.76. The van der Waals surface area contributed by atoms with Crippen LogP contribution in [0.15, 0.2) is 0 Å². The average Bonchev–Trinajstić information content (AvgIpc) is 3.19. The van der Waals surface area contributed by atoms with Crippen LogP contribution in [0.3, 0.4) is 0 Å². The van der Waals surface area contributed by atoms with Gasteiger partial charge in [0.2, 0.25) is 0 Å². The minimum absolute atomic E-state index is 0.000250. The lowest BCUT2D eigenvalue weighted by atomic mass is 9.43. The van der Waals surface area contributed by atoms with Crippen molar-refractivity contribution in [2.45, 2.75) is 68.3 Å². The van der Waals surface area contributed by atoms with Crippen molar-refractivity contribution in [2.24, 2.45) is 40.4 Å². The minimum Gasteiger partial charge on any atom is -0.392 e. The molecule has 6 rings (SSSR count). The Morgan fingerprint density at radius 3 is 2.38 bits per heavy atom. The first-order valence-electron chi connectivity index (χ1n) is 12.3. The van der Waals surface area contributed by atoms with E-state index in [1.165, 1.54) is 0 Å². The molecule has 6 aliphatic rings. The Bertz CT molecular complexity index is 783.